The molecule has 1 aromatic carbocycles. The highest BCUT2D eigenvalue weighted by Crippen LogP contribution is 2.19. The number of rotatable bonds is 5. The molecule has 1 fully saturated rings. The number of amides is 1. The topological polar surface area (TPSA) is 104 Å². The van der Waals surface area contributed by atoms with Crippen LogP contribution in [-0.4, -0.2) is 82.3 Å². The van der Waals surface area contributed by atoms with E-state index in [1.165, 1.54) is 6.33 Å². The zero-order valence-electron chi connectivity index (χ0n) is 17.2. The lowest BCUT2D eigenvalue weighted by Gasteiger charge is -2.25. The van der Waals surface area contributed by atoms with Crippen molar-refractivity contribution in [2.75, 3.05) is 34.2 Å². The van der Waals surface area contributed by atoms with Crippen LogP contribution in [0, 0.1) is 5.92 Å². The van der Waals surface area contributed by atoms with E-state index in [2.05, 4.69) is 46.3 Å². The van der Waals surface area contributed by atoms with Gasteiger partial charge < -0.3 is 20.2 Å². The number of nitrogens with zero attached hydrogens (tertiary/aromatic N) is 5. The van der Waals surface area contributed by atoms with Crippen molar-refractivity contribution in [3.8, 4) is 5.69 Å². The van der Waals surface area contributed by atoms with E-state index in [-0.39, 0.29) is 18.3 Å². The van der Waals surface area contributed by atoms with Gasteiger partial charge in [0.2, 0.25) is 5.91 Å². The van der Waals surface area contributed by atoms with Crippen LogP contribution in [0.1, 0.15) is 18.4 Å². The summed E-state index contributed by atoms with van der Waals surface area (Å²) in [6.07, 6.45) is 5.15. The first-order chi connectivity index (χ1) is 14.0. The second kappa shape index (κ2) is 11.3. The van der Waals surface area contributed by atoms with E-state index in [4.69, 9.17) is 9.90 Å². The number of nitrogens with one attached hydrogen (secondary N) is 1. The average molecular weight is 402 g/mol. The lowest BCUT2D eigenvalue weighted by atomic mass is 10.0. The monoisotopic (exact) mass is 402 g/mol. The molecule has 1 aliphatic heterocycles. The van der Waals surface area contributed by atoms with Crippen LogP contribution in [0.5, 0.6) is 0 Å². The first kappa shape index (κ1) is 22.5. The molecule has 158 valence electrons. The number of hydrogen-bond donors (Lipinski definition) is 2. The van der Waals surface area contributed by atoms with Gasteiger partial charge in [0.25, 0.3) is 6.47 Å². The summed E-state index contributed by atoms with van der Waals surface area (Å²) in [5.41, 5.74) is 1.97. The highest BCUT2D eigenvalue weighted by Gasteiger charge is 2.27. The smallest absolute Gasteiger partial charge is 0.290 e. The van der Waals surface area contributed by atoms with Gasteiger partial charge in [0.05, 0.1) is 11.6 Å². The van der Waals surface area contributed by atoms with Gasteiger partial charge in [-0.3, -0.25) is 9.59 Å². The molecular weight excluding hydrogens is 372 g/mol. The summed E-state index contributed by atoms with van der Waals surface area (Å²) < 4.78 is 1.72. The van der Waals surface area contributed by atoms with E-state index in [0.717, 1.165) is 37.2 Å². The van der Waals surface area contributed by atoms with E-state index < -0.39 is 0 Å². The number of hydrogen-bond acceptors (Lipinski definition) is 6. The molecule has 29 heavy (non-hydrogen) atoms. The first-order valence-corrected chi connectivity index (χ1v) is 9.59. The summed E-state index contributed by atoms with van der Waals surface area (Å²) in [7, 11) is 6.32. The quantitative estimate of drug-likeness (QED) is 0.715. The molecule has 3 rings (SSSR count). The van der Waals surface area contributed by atoms with Crippen molar-refractivity contribution in [2.24, 2.45) is 5.92 Å². The van der Waals surface area contributed by atoms with Crippen molar-refractivity contribution in [3.63, 3.8) is 0 Å². The minimum atomic E-state index is -0.250. The third-order valence-electron chi connectivity index (χ3n) is 5.11. The third-order valence-corrected chi connectivity index (χ3v) is 5.11. The SMILES string of the molecule is CN1C[C@H](C(=O)NCc2ccccc2-n2cncn2)CC[C@H](N(C)C)C1.O=CO. The lowest BCUT2D eigenvalue weighted by molar-refractivity contribution is -0.126. The van der Waals surface area contributed by atoms with Gasteiger partial charge in [-0.2, -0.15) is 5.10 Å². The Morgan fingerprint density at radius 3 is 2.69 bits per heavy atom. The van der Waals surface area contributed by atoms with E-state index in [1.54, 1.807) is 11.0 Å². The molecule has 1 amide bonds. The van der Waals surface area contributed by atoms with Gasteiger partial charge in [-0.25, -0.2) is 9.67 Å². The van der Waals surface area contributed by atoms with Crippen LogP contribution in [0.15, 0.2) is 36.9 Å². The van der Waals surface area contributed by atoms with Gasteiger partial charge in [-0.15, -0.1) is 0 Å². The number of para-hydroxylation sites is 1. The maximum absolute atomic E-state index is 12.8. The molecule has 1 aliphatic rings. The second-order valence-corrected chi connectivity index (χ2v) is 7.40. The van der Waals surface area contributed by atoms with Crippen molar-refractivity contribution in [1.29, 1.82) is 0 Å². The summed E-state index contributed by atoms with van der Waals surface area (Å²) in [5.74, 6) is 0.160. The van der Waals surface area contributed by atoms with Crippen LogP contribution in [0.2, 0.25) is 0 Å². The minimum absolute atomic E-state index is 0.0310. The Bertz CT molecular complexity index is 765. The van der Waals surface area contributed by atoms with Crippen LogP contribution in [0.3, 0.4) is 0 Å². The van der Waals surface area contributed by atoms with Crippen LogP contribution >= 0.6 is 0 Å². The van der Waals surface area contributed by atoms with E-state index in [9.17, 15) is 4.79 Å². The lowest BCUT2D eigenvalue weighted by Crippen LogP contribution is -2.39. The summed E-state index contributed by atoms with van der Waals surface area (Å²) in [5, 5.41) is 14.2. The molecule has 0 saturated carbocycles. The summed E-state index contributed by atoms with van der Waals surface area (Å²) >= 11 is 0. The minimum Gasteiger partial charge on any atom is -0.483 e. The van der Waals surface area contributed by atoms with E-state index in [0.29, 0.717) is 12.6 Å². The maximum atomic E-state index is 12.8. The maximum Gasteiger partial charge on any atom is 0.290 e. The molecule has 1 aromatic heterocycles. The van der Waals surface area contributed by atoms with Gasteiger partial charge >= 0.3 is 0 Å². The Kier molecular flexibility index (Phi) is 8.75. The van der Waals surface area contributed by atoms with E-state index >= 15 is 0 Å². The van der Waals surface area contributed by atoms with Crippen LogP contribution in [-0.2, 0) is 16.1 Å². The van der Waals surface area contributed by atoms with E-state index in [1.807, 2.05) is 24.3 Å². The zero-order valence-corrected chi connectivity index (χ0v) is 17.2. The molecule has 9 heteroatoms. The normalized spacial score (nSPS) is 19.7. The fourth-order valence-corrected chi connectivity index (χ4v) is 3.57. The molecule has 9 nitrogen and oxygen atoms in total. The highest BCUT2D eigenvalue weighted by molar-refractivity contribution is 5.79. The number of carbonyl (C=O) groups excluding carboxylic acids is 1. The van der Waals surface area contributed by atoms with Crippen molar-refractivity contribution in [1.82, 2.24) is 29.9 Å². The van der Waals surface area contributed by atoms with Crippen molar-refractivity contribution in [2.45, 2.75) is 25.4 Å². The predicted molar refractivity (Wildman–Crippen MR) is 110 cm³/mol. The molecule has 0 radical (unpaired) electrons. The number of carboxylic acid groups (broad SMARTS) is 1. The molecule has 0 bridgehead atoms. The fraction of sp³-hybridized carbons (Fsp3) is 0.500. The number of likely N-dealkylation sites (N-methyl/N-ethyl adjacent to an activating group) is 2. The molecule has 1 saturated heterocycles. The number of likely N-dealkylation sites (tertiary alicyclic amines) is 1. The van der Waals surface area contributed by atoms with Crippen LogP contribution in [0.4, 0.5) is 0 Å². The predicted octanol–water partition coefficient (Wildman–Crippen LogP) is 0.856. The first-order valence-electron chi connectivity index (χ1n) is 9.59. The molecule has 2 heterocycles. The molecule has 0 unspecified atom stereocenters. The van der Waals surface area contributed by atoms with Gasteiger partial charge in [-0.05, 0) is 45.6 Å². The Labute approximate surface area is 171 Å². The Hall–Kier alpha value is -2.78. The molecule has 2 aromatic rings. The van der Waals surface area contributed by atoms with Gasteiger partial charge in [0.15, 0.2) is 0 Å². The van der Waals surface area contributed by atoms with Gasteiger partial charge in [0.1, 0.15) is 12.7 Å². The third kappa shape index (κ3) is 6.65. The average Bonchev–Trinajstić information content (AvgIpc) is 3.15. The molecule has 2 atom stereocenters. The summed E-state index contributed by atoms with van der Waals surface area (Å²) in [6, 6.07) is 8.44. The molecule has 0 aliphatic carbocycles. The molecule has 2 N–H and O–H groups in total. The zero-order chi connectivity index (χ0) is 21.2. The Balaban J connectivity index is 0.000000941. The van der Waals surface area contributed by atoms with Crippen molar-refractivity contribution < 1.29 is 14.7 Å². The standard InChI is InChI=1S/C19H28N6O.CH2O2/c1-23(2)17-9-8-16(11-24(3)12-17)19(26)21-10-15-6-4-5-7-18(15)25-14-20-13-22-25;2-1-3/h4-7,13-14,16-17H,8-12H2,1-3H3,(H,21,26);1H,(H,2,3)/t16-,17+;/m1./s1. The summed E-state index contributed by atoms with van der Waals surface area (Å²) in [4.78, 5) is 29.6. The second-order valence-electron chi connectivity index (χ2n) is 7.40. The largest absolute Gasteiger partial charge is 0.483 e. The molecular formula is C20H30N6O3. The van der Waals surface area contributed by atoms with Crippen molar-refractivity contribution >= 4 is 12.4 Å². The van der Waals surface area contributed by atoms with Crippen molar-refractivity contribution in [3.05, 3.63) is 42.5 Å². The van der Waals surface area contributed by atoms with Crippen LogP contribution in [0.25, 0.3) is 5.69 Å². The van der Waals surface area contributed by atoms with Gasteiger partial charge in [0, 0.05) is 25.7 Å². The fourth-order valence-electron chi connectivity index (χ4n) is 3.57. The number of aromatic nitrogens is 3. The number of benzene rings is 1. The number of carbonyl (C=O) groups is 2. The summed E-state index contributed by atoms with van der Waals surface area (Å²) in [6.45, 7) is 2.05. The molecule has 0 spiro atoms. The Morgan fingerprint density at radius 1 is 1.31 bits per heavy atom. The van der Waals surface area contributed by atoms with Crippen LogP contribution < -0.4 is 5.32 Å². The highest BCUT2D eigenvalue weighted by atomic mass is 16.3. The Morgan fingerprint density at radius 2 is 2.03 bits per heavy atom. The van der Waals surface area contributed by atoms with Gasteiger partial charge in [-0.1, -0.05) is 18.2 Å².